The second-order valence-corrected chi connectivity index (χ2v) is 29.6. The van der Waals surface area contributed by atoms with Crippen molar-refractivity contribution >= 4 is 35.4 Å². The summed E-state index contributed by atoms with van der Waals surface area (Å²) in [6, 6.07) is -11.3. The number of carbonyl (C=O) groups is 6. The van der Waals surface area contributed by atoms with E-state index >= 15 is 0 Å². The summed E-state index contributed by atoms with van der Waals surface area (Å²) in [7, 11) is 0. The van der Waals surface area contributed by atoms with E-state index in [1.165, 1.54) is 0 Å². The summed E-state index contributed by atoms with van der Waals surface area (Å²) in [6.07, 6.45) is -84.4. The first-order valence-corrected chi connectivity index (χ1v) is 37.6. The fourth-order valence-electron chi connectivity index (χ4n) is 15.3. The quantitative estimate of drug-likeness (QED) is 0.0306. The van der Waals surface area contributed by atoms with Gasteiger partial charge >= 0.3 is 0 Å². The summed E-state index contributed by atoms with van der Waals surface area (Å²) >= 11 is 0. The van der Waals surface area contributed by atoms with Crippen LogP contribution in [0.15, 0.2) is 0 Å². The van der Waals surface area contributed by atoms with Crippen molar-refractivity contribution in [2.24, 2.45) is 0 Å². The molecule has 9 fully saturated rings. The van der Waals surface area contributed by atoms with E-state index in [9.17, 15) is 146 Å². The lowest BCUT2D eigenvalue weighted by Crippen LogP contribution is -2.71. The Balaban J connectivity index is 1.21. The average Bonchev–Trinajstić information content (AvgIpc) is 0.759. The molecule has 52 heteroatoms. The van der Waals surface area contributed by atoms with Crippen LogP contribution in [0.3, 0.4) is 0 Å². The summed E-state index contributed by atoms with van der Waals surface area (Å²) in [5.74, 6) is -5.52. The van der Waals surface area contributed by atoms with E-state index < -0.39 is 371 Å². The Morgan fingerprint density at radius 1 is 0.220 bits per heavy atom. The Morgan fingerprint density at radius 2 is 0.458 bits per heavy atom. The second kappa shape index (κ2) is 42.7. The Labute approximate surface area is 669 Å². The van der Waals surface area contributed by atoms with Gasteiger partial charge in [-0.25, -0.2) is 0 Å². The highest BCUT2D eigenvalue weighted by molar-refractivity contribution is 5.75. The SMILES string of the molecule is CC(=O)N[C@@H]1[C@@H](O)[C@H](O[C@@H]2O[C@H](CO)[C@@H](O[C@@H]3O[C@H](CO[C@H]4O[C@H](CO)[C@@H](O[C@@H]5O[C@H](CO)[C@@H](O)[C@H](O)[C@H]5NC(C)=O)[C@H](O)[C@@H]4O[C@@H]4O[C@H](CO)[C@@H](O)[C@H](O)[C@H]4NC(C)=O)[C@@H](O[C@@H]4O[C@H](CO)[C@@H](O)[C@H](O)[C@H]4NC(C)=O)[C@H](O[C@H]4O[C@H](CO)[C@@H](O)[C@H](O)[C@@H]4O[C@@H]4O[C@H](CO)[C@@H](O)[C@H](O)[C@H]4NC(C)=O)[C@@H]3O)[C@H](O)[C@H]2NC(C)=O)[C@@H](CO)O[C@H]1O. The Morgan fingerprint density at radius 3 is 0.805 bits per heavy atom. The van der Waals surface area contributed by atoms with Gasteiger partial charge in [-0.1, -0.05) is 0 Å². The predicted octanol–water partition coefficient (Wildman–Crippen LogP) is -19.8. The smallest absolute Gasteiger partial charge is 0.217 e. The third-order valence-electron chi connectivity index (χ3n) is 21.2. The summed E-state index contributed by atoms with van der Waals surface area (Å²) in [5, 5.41) is 274. The molecule has 0 aromatic rings. The maximum Gasteiger partial charge on any atom is 0.217 e. The van der Waals surface area contributed by atoms with Gasteiger partial charge < -0.3 is 230 Å². The van der Waals surface area contributed by atoms with E-state index in [4.69, 9.17) is 80.5 Å². The zero-order valence-electron chi connectivity index (χ0n) is 64.0. The van der Waals surface area contributed by atoms with Crippen LogP contribution in [0.5, 0.6) is 0 Å². The van der Waals surface area contributed by atoms with Crippen LogP contribution in [0.2, 0.25) is 0 Å². The first-order valence-electron chi connectivity index (χ1n) is 37.6. The summed E-state index contributed by atoms with van der Waals surface area (Å²) in [4.78, 5) is 76.9. The van der Waals surface area contributed by atoms with Gasteiger partial charge in [0.1, 0.15) is 219 Å². The second-order valence-electron chi connectivity index (χ2n) is 29.6. The molecule has 9 rings (SSSR count). The minimum Gasteiger partial charge on any atom is -0.394 e. The molecule has 0 aliphatic carbocycles. The molecule has 680 valence electrons. The number of aliphatic hydroxyl groups excluding tert-OH is 23. The number of nitrogens with one attached hydrogen (secondary N) is 6. The average molecular weight is 1720 g/mol. The number of carbonyl (C=O) groups excluding carboxylic acids is 6. The molecule has 9 saturated heterocycles. The molecule has 0 unspecified atom stereocenters. The van der Waals surface area contributed by atoms with Crippen molar-refractivity contribution in [3.63, 3.8) is 0 Å². The Kier molecular flexibility index (Phi) is 35.1. The molecule has 6 amide bonds. The van der Waals surface area contributed by atoms with Crippen molar-refractivity contribution in [3.05, 3.63) is 0 Å². The minimum absolute atomic E-state index is 0.812. The predicted molar refractivity (Wildman–Crippen MR) is 367 cm³/mol. The van der Waals surface area contributed by atoms with Gasteiger partial charge in [0.05, 0.1) is 59.5 Å². The summed E-state index contributed by atoms with van der Waals surface area (Å²) < 4.78 is 105. The van der Waals surface area contributed by atoms with Crippen molar-refractivity contribution in [1.29, 1.82) is 0 Å². The van der Waals surface area contributed by atoms with Gasteiger partial charge in [-0.3, -0.25) is 28.8 Å². The van der Waals surface area contributed by atoms with Crippen molar-refractivity contribution < 1.29 is 227 Å². The molecule has 0 aromatic heterocycles. The number of hydrogen-bond acceptors (Lipinski definition) is 46. The van der Waals surface area contributed by atoms with Crippen molar-refractivity contribution in [3.8, 4) is 0 Å². The van der Waals surface area contributed by atoms with Crippen LogP contribution >= 0.6 is 0 Å². The molecule has 0 radical (unpaired) electrons. The van der Waals surface area contributed by atoms with Gasteiger partial charge in [0.25, 0.3) is 0 Å². The van der Waals surface area contributed by atoms with E-state index in [1.54, 1.807) is 0 Å². The highest BCUT2D eigenvalue weighted by Gasteiger charge is 2.62. The molecule has 118 heavy (non-hydrogen) atoms. The van der Waals surface area contributed by atoms with Gasteiger partial charge in [0.2, 0.25) is 35.4 Å². The normalized spacial score (nSPS) is 46.9. The van der Waals surface area contributed by atoms with E-state index in [0.29, 0.717) is 0 Å². The molecule has 29 N–H and O–H groups in total. The zero-order valence-corrected chi connectivity index (χ0v) is 64.0. The fourth-order valence-corrected chi connectivity index (χ4v) is 15.3. The number of rotatable bonds is 31. The van der Waals surface area contributed by atoms with E-state index in [2.05, 4.69) is 31.9 Å². The molecule has 0 aromatic carbocycles. The highest BCUT2D eigenvalue weighted by Crippen LogP contribution is 2.41. The third kappa shape index (κ3) is 21.9. The Hall–Kier alpha value is -4.78. The number of aliphatic hydroxyl groups is 23. The van der Waals surface area contributed by atoms with Gasteiger partial charge in [-0.2, -0.15) is 0 Å². The van der Waals surface area contributed by atoms with Crippen LogP contribution in [0.1, 0.15) is 41.5 Å². The van der Waals surface area contributed by atoms with Crippen LogP contribution in [-0.4, -0.2) is 488 Å². The largest absolute Gasteiger partial charge is 0.394 e. The van der Waals surface area contributed by atoms with Gasteiger partial charge in [0.15, 0.2) is 56.6 Å². The topological polar surface area (TPSA) is 797 Å². The number of hydrogen-bond donors (Lipinski definition) is 29. The monoisotopic (exact) mass is 1720 g/mol. The van der Waals surface area contributed by atoms with E-state index in [1.807, 2.05) is 0 Å². The van der Waals surface area contributed by atoms with Gasteiger partial charge in [0, 0.05) is 41.5 Å². The zero-order chi connectivity index (χ0) is 87.1. The lowest BCUT2D eigenvalue weighted by atomic mass is 9.93. The van der Waals surface area contributed by atoms with Crippen molar-refractivity contribution in [2.45, 2.75) is 318 Å². The van der Waals surface area contributed by atoms with Crippen molar-refractivity contribution in [1.82, 2.24) is 31.9 Å². The molecule has 0 bridgehead atoms. The van der Waals surface area contributed by atoms with Gasteiger partial charge in [-0.15, -0.1) is 0 Å². The minimum atomic E-state index is -2.73. The molecule has 9 aliphatic rings. The Bertz CT molecular complexity index is 3230. The molecule has 45 atom stereocenters. The first-order chi connectivity index (χ1) is 55.8. The van der Waals surface area contributed by atoms with Crippen LogP contribution < -0.4 is 31.9 Å². The van der Waals surface area contributed by atoms with Gasteiger partial charge in [-0.05, 0) is 0 Å². The standard InChI is InChI=1S/C66H110N6O46/c1-16(81)67-31-46(96)51(27(12-78)103-58(31)101)112-63-36(72-21(6)86)47(97)52(28(13-79)109-63)114-64-50(100)55(116-66-56(48(98)41(91)26(11-77)108-66)117-61-34(70-19(4)84)44(94)39(89)24(9-75)106-61)54(115-60-33(69-18(3)83)43(93)38(88)23(8-74)105-60)30(111-64)15-102-65-57(118-62-35(71-20(5)85)45(95)40(90)25(10-76)107-62)49(99)53(29(14-80)110-65)113-59-32(68-17(2)82)42(92)37(87)22(7-73)104-59/h22-66,73-80,87-101H,7-15H2,1-6H3,(H,67,81)(H,68,82)(H,69,83)(H,70,84)(H,71,85)(H,72,86)/t22-,23-,24-,25-,26-,27-,28-,29-,30-,31-,32-,33-,34-,35-,36-,37-,38-,39-,40-,41-,42-,43-,44-,45-,46-,47-,48+,49+,50+,51-,52-,53-,54-,55-,56+,57+,58-,59+,60+,61+,62+,63+,64+,65+,66-/m1/s1. The third-order valence-corrected chi connectivity index (χ3v) is 21.2. The summed E-state index contributed by atoms with van der Waals surface area (Å²) in [6.45, 7) is -4.80. The van der Waals surface area contributed by atoms with E-state index in [0.717, 1.165) is 41.5 Å². The number of amides is 6. The molecule has 9 heterocycles. The number of ether oxygens (including phenoxy) is 17. The van der Waals surface area contributed by atoms with Crippen molar-refractivity contribution in [2.75, 3.05) is 59.5 Å². The molecular weight excluding hydrogens is 1610 g/mol. The van der Waals surface area contributed by atoms with E-state index in [-0.39, 0.29) is 0 Å². The maximum absolute atomic E-state index is 13.3. The first kappa shape index (κ1) is 97.0. The lowest BCUT2D eigenvalue weighted by Gasteiger charge is -2.52. The molecule has 9 aliphatic heterocycles. The van der Waals surface area contributed by atoms with Crippen LogP contribution in [0.4, 0.5) is 0 Å². The van der Waals surface area contributed by atoms with Crippen LogP contribution in [0.25, 0.3) is 0 Å². The molecule has 0 saturated carbocycles. The summed E-state index contributed by atoms with van der Waals surface area (Å²) in [5.41, 5.74) is 0. The lowest BCUT2D eigenvalue weighted by molar-refractivity contribution is -0.408. The molecular formula is C66H110N6O46. The molecule has 52 nitrogen and oxygen atoms in total. The fraction of sp³-hybridized carbons (Fsp3) is 0.909. The molecule has 0 spiro atoms. The highest BCUT2D eigenvalue weighted by atomic mass is 16.8. The van der Waals surface area contributed by atoms with Crippen LogP contribution in [0, 0.1) is 0 Å². The maximum atomic E-state index is 13.3. The van der Waals surface area contributed by atoms with Crippen LogP contribution in [-0.2, 0) is 109 Å².